The minimum absolute atomic E-state index is 0.00824. The summed E-state index contributed by atoms with van der Waals surface area (Å²) in [6.45, 7) is 0.819. The Balaban J connectivity index is 2.33. The lowest BCUT2D eigenvalue weighted by Gasteiger charge is -2.26. The lowest BCUT2D eigenvalue weighted by molar-refractivity contribution is 0.112. The summed E-state index contributed by atoms with van der Waals surface area (Å²) in [4.78, 5) is 12.9. The van der Waals surface area contributed by atoms with Crippen molar-refractivity contribution in [3.05, 3.63) is 42.0 Å². The van der Waals surface area contributed by atoms with Gasteiger partial charge in [0.25, 0.3) is 0 Å². The Kier molecular flexibility index (Phi) is 2.83. The van der Waals surface area contributed by atoms with Gasteiger partial charge in [0.05, 0.1) is 12.6 Å². The number of rotatable bonds is 3. The summed E-state index contributed by atoms with van der Waals surface area (Å²) < 4.78 is 0. The Bertz CT molecular complexity index is 387. The summed E-state index contributed by atoms with van der Waals surface area (Å²) in [5, 5.41) is 9.18. The third-order valence-electron chi connectivity index (χ3n) is 2.62. The lowest BCUT2D eigenvalue weighted by Crippen LogP contribution is -2.33. The number of carbonyl (C=O) groups excluding carboxylic acids is 1. The van der Waals surface area contributed by atoms with Crippen LogP contribution in [0.25, 0.3) is 0 Å². The Morgan fingerprint density at radius 1 is 1.47 bits per heavy atom. The number of aldehydes is 1. The SMILES string of the molecule is O=Cc1ccccc1N1CC=C[C@H]1CO. The summed E-state index contributed by atoms with van der Waals surface area (Å²) in [7, 11) is 0. The molecule has 0 aliphatic carbocycles. The van der Waals surface area contributed by atoms with Crippen molar-refractivity contribution in [3.63, 3.8) is 0 Å². The predicted octanol–water partition coefficient (Wildman–Crippen LogP) is 1.24. The number of aliphatic hydroxyl groups excluding tert-OH is 1. The second-order valence-corrected chi connectivity index (χ2v) is 3.51. The monoisotopic (exact) mass is 203 g/mol. The number of aliphatic hydroxyl groups is 1. The quantitative estimate of drug-likeness (QED) is 0.593. The Hall–Kier alpha value is -1.61. The van der Waals surface area contributed by atoms with Crippen LogP contribution in [0, 0.1) is 0 Å². The van der Waals surface area contributed by atoms with Crippen molar-refractivity contribution in [3.8, 4) is 0 Å². The number of benzene rings is 1. The molecule has 0 aromatic heterocycles. The fourth-order valence-corrected chi connectivity index (χ4v) is 1.86. The van der Waals surface area contributed by atoms with Crippen molar-refractivity contribution >= 4 is 12.0 Å². The van der Waals surface area contributed by atoms with E-state index in [0.29, 0.717) is 5.56 Å². The van der Waals surface area contributed by atoms with Gasteiger partial charge in [-0.15, -0.1) is 0 Å². The van der Waals surface area contributed by atoms with Gasteiger partial charge in [-0.2, -0.15) is 0 Å². The number of anilines is 1. The van der Waals surface area contributed by atoms with Gasteiger partial charge in [-0.3, -0.25) is 4.79 Å². The van der Waals surface area contributed by atoms with Crippen LogP contribution in [0.2, 0.25) is 0 Å². The zero-order chi connectivity index (χ0) is 10.7. The molecular formula is C12H13NO2. The molecule has 1 atom stereocenters. The van der Waals surface area contributed by atoms with Crippen LogP contribution in [0.5, 0.6) is 0 Å². The maximum atomic E-state index is 10.9. The van der Waals surface area contributed by atoms with Gasteiger partial charge < -0.3 is 10.0 Å². The molecule has 0 amide bonds. The van der Waals surface area contributed by atoms with Crippen LogP contribution in [0.15, 0.2) is 36.4 Å². The van der Waals surface area contributed by atoms with E-state index in [-0.39, 0.29) is 12.6 Å². The van der Waals surface area contributed by atoms with Crippen LogP contribution in [0.1, 0.15) is 10.4 Å². The van der Waals surface area contributed by atoms with Crippen LogP contribution in [0.4, 0.5) is 5.69 Å². The minimum atomic E-state index is -0.00824. The molecule has 1 aromatic carbocycles. The highest BCUT2D eigenvalue weighted by Crippen LogP contribution is 2.24. The van der Waals surface area contributed by atoms with E-state index >= 15 is 0 Å². The Labute approximate surface area is 88.6 Å². The molecule has 0 spiro atoms. The molecule has 3 nitrogen and oxygen atoms in total. The highest BCUT2D eigenvalue weighted by atomic mass is 16.3. The third kappa shape index (κ3) is 1.78. The van der Waals surface area contributed by atoms with E-state index in [9.17, 15) is 9.90 Å². The molecule has 0 bridgehead atoms. The molecule has 0 saturated heterocycles. The smallest absolute Gasteiger partial charge is 0.152 e. The fourth-order valence-electron chi connectivity index (χ4n) is 1.86. The van der Waals surface area contributed by atoms with Crippen molar-refractivity contribution in [2.75, 3.05) is 18.1 Å². The van der Waals surface area contributed by atoms with Crippen LogP contribution in [-0.2, 0) is 0 Å². The number of hydrogen-bond donors (Lipinski definition) is 1. The topological polar surface area (TPSA) is 40.5 Å². The van der Waals surface area contributed by atoms with Gasteiger partial charge in [0.1, 0.15) is 0 Å². The zero-order valence-corrected chi connectivity index (χ0v) is 8.34. The zero-order valence-electron chi connectivity index (χ0n) is 8.34. The van der Waals surface area contributed by atoms with Crippen LogP contribution in [0.3, 0.4) is 0 Å². The molecule has 1 heterocycles. The summed E-state index contributed by atoms with van der Waals surface area (Å²) in [5.41, 5.74) is 1.55. The van der Waals surface area contributed by atoms with Crippen LogP contribution >= 0.6 is 0 Å². The number of hydrogen-bond acceptors (Lipinski definition) is 3. The standard InChI is InChI=1S/C12H13NO2/c14-8-10-4-1-2-6-12(10)13-7-3-5-11(13)9-15/h1-6,8,11,15H,7,9H2/t11-/m0/s1. The summed E-state index contributed by atoms with van der Waals surface area (Å²) in [5.74, 6) is 0. The fraction of sp³-hybridized carbons (Fsp3) is 0.250. The molecule has 1 aromatic rings. The molecule has 0 unspecified atom stereocenters. The lowest BCUT2D eigenvalue weighted by atomic mass is 10.1. The minimum Gasteiger partial charge on any atom is -0.394 e. The molecule has 0 radical (unpaired) electrons. The van der Waals surface area contributed by atoms with Gasteiger partial charge in [0, 0.05) is 17.8 Å². The van der Waals surface area contributed by atoms with E-state index in [4.69, 9.17) is 0 Å². The van der Waals surface area contributed by atoms with E-state index in [1.807, 2.05) is 35.3 Å². The summed E-state index contributed by atoms with van der Waals surface area (Å²) in [6, 6.07) is 7.42. The third-order valence-corrected chi connectivity index (χ3v) is 2.62. The van der Waals surface area contributed by atoms with Gasteiger partial charge in [-0.1, -0.05) is 24.3 Å². The van der Waals surface area contributed by atoms with Crippen molar-refractivity contribution in [1.29, 1.82) is 0 Å². The van der Waals surface area contributed by atoms with E-state index in [0.717, 1.165) is 18.5 Å². The van der Waals surface area contributed by atoms with Crippen molar-refractivity contribution in [2.45, 2.75) is 6.04 Å². The van der Waals surface area contributed by atoms with Crippen molar-refractivity contribution < 1.29 is 9.90 Å². The van der Waals surface area contributed by atoms with Crippen LogP contribution < -0.4 is 4.90 Å². The summed E-state index contributed by atoms with van der Waals surface area (Å²) in [6.07, 6.45) is 4.81. The molecular weight excluding hydrogens is 190 g/mol. The van der Waals surface area contributed by atoms with Gasteiger partial charge in [0.2, 0.25) is 0 Å². The highest BCUT2D eigenvalue weighted by molar-refractivity contribution is 5.85. The normalized spacial score (nSPS) is 19.5. The molecule has 78 valence electrons. The van der Waals surface area contributed by atoms with Gasteiger partial charge in [-0.25, -0.2) is 0 Å². The van der Waals surface area contributed by atoms with Gasteiger partial charge in [-0.05, 0) is 12.1 Å². The first kappa shape index (κ1) is 9.93. The molecule has 15 heavy (non-hydrogen) atoms. The second kappa shape index (κ2) is 4.28. The molecule has 1 N–H and O–H groups in total. The number of para-hydroxylation sites is 1. The Morgan fingerprint density at radius 3 is 3.00 bits per heavy atom. The van der Waals surface area contributed by atoms with Crippen molar-refractivity contribution in [2.24, 2.45) is 0 Å². The molecule has 0 saturated carbocycles. The van der Waals surface area contributed by atoms with Gasteiger partial charge in [0.15, 0.2) is 6.29 Å². The predicted molar refractivity (Wildman–Crippen MR) is 59.2 cm³/mol. The average Bonchev–Trinajstić information content (AvgIpc) is 2.76. The van der Waals surface area contributed by atoms with Crippen LogP contribution in [-0.4, -0.2) is 30.6 Å². The molecule has 1 aliphatic heterocycles. The van der Waals surface area contributed by atoms with E-state index in [2.05, 4.69) is 0 Å². The van der Waals surface area contributed by atoms with E-state index < -0.39 is 0 Å². The first-order chi connectivity index (χ1) is 7.36. The Morgan fingerprint density at radius 2 is 2.27 bits per heavy atom. The first-order valence-electron chi connectivity index (χ1n) is 4.95. The molecule has 0 fully saturated rings. The average molecular weight is 203 g/mol. The number of carbonyl (C=O) groups is 1. The van der Waals surface area contributed by atoms with Gasteiger partial charge >= 0.3 is 0 Å². The van der Waals surface area contributed by atoms with E-state index in [1.165, 1.54) is 0 Å². The summed E-state index contributed by atoms with van der Waals surface area (Å²) >= 11 is 0. The maximum absolute atomic E-state index is 10.9. The number of nitrogens with zero attached hydrogens (tertiary/aromatic N) is 1. The first-order valence-corrected chi connectivity index (χ1v) is 4.95. The van der Waals surface area contributed by atoms with Crippen molar-refractivity contribution in [1.82, 2.24) is 0 Å². The second-order valence-electron chi connectivity index (χ2n) is 3.51. The maximum Gasteiger partial charge on any atom is 0.152 e. The molecule has 1 aliphatic rings. The van der Waals surface area contributed by atoms with E-state index in [1.54, 1.807) is 6.07 Å². The largest absolute Gasteiger partial charge is 0.394 e. The highest BCUT2D eigenvalue weighted by Gasteiger charge is 2.20. The molecule has 2 rings (SSSR count). The molecule has 3 heteroatoms.